The van der Waals surface area contributed by atoms with Crippen molar-refractivity contribution in [2.45, 2.75) is 32.9 Å². The van der Waals surface area contributed by atoms with Crippen LogP contribution in [0.1, 0.15) is 25.0 Å². The van der Waals surface area contributed by atoms with Crippen molar-refractivity contribution in [3.8, 4) is 5.75 Å². The Morgan fingerprint density at radius 2 is 1.64 bits per heavy atom. The van der Waals surface area contributed by atoms with Gasteiger partial charge in [0.05, 0.1) is 4.47 Å². The summed E-state index contributed by atoms with van der Waals surface area (Å²) < 4.78 is 6.46. The molecule has 3 rings (SSSR count). The fourth-order valence-electron chi connectivity index (χ4n) is 3.62. The molecule has 0 spiro atoms. The Morgan fingerprint density at radius 1 is 0.944 bits per heavy atom. The van der Waals surface area contributed by atoms with Gasteiger partial charge in [-0.15, -0.1) is 0 Å². The molecule has 0 aliphatic heterocycles. The molecule has 0 aliphatic rings. The van der Waals surface area contributed by atoms with Crippen LogP contribution in [0.4, 0.5) is 0 Å². The molecule has 0 unspecified atom stereocenters. The maximum absolute atomic E-state index is 13.6. The van der Waals surface area contributed by atoms with Crippen LogP contribution in [-0.2, 0) is 22.6 Å². The molecular formula is C28H29BrCl2N2O3. The summed E-state index contributed by atoms with van der Waals surface area (Å²) in [5.74, 6) is 0.223. The van der Waals surface area contributed by atoms with E-state index in [1.807, 2.05) is 56.3 Å². The Morgan fingerprint density at radius 3 is 2.31 bits per heavy atom. The van der Waals surface area contributed by atoms with Gasteiger partial charge in [-0.2, -0.15) is 0 Å². The van der Waals surface area contributed by atoms with Crippen LogP contribution in [0.5, 0.6) is 5.75 Å². The summed E-state index contributed by atoms with van der Waals surface area (Å²) >= 11 is 15.6. The van der Waals surface area contributed by atoms with Gasteiger partial charge in [-0.1, -0.05) is 79.5 Å². The van der Waals surface area contributed by atoms with Gasteiger partial charge in [-0.3, -0.25) is 9.59 Å². The molecule has 0 saturated heterocycles. The van der Waals surface area contributed by atoms with Crippen molar-refractivity contribution < 1.29 is 14.3 Å². The number of halogens is 3. The molecule has 0 aliphatic carbocycles. The number of carbonyl (C=O) groups excluding carboxylic acids is 2. The van der Waals surface area contributed by atoms with E-state index in [1.165, 1.54) is 0 Å². The molecule has 2 amide bonds. The lowest BCUT2D eigenvalue weighted by Crippen LogP contribution is -2.52. The first-order valence-corrected chi connectivity index (χ1v) is 13.2. The van der Waals surface area contributed by atoms with E-state index in [0.717, 1.165) is 11.1 Å². The fraction of sp³-hybridized carbons (Fsp3) is 0.286. The van der Waals surface area contributed by atoms with Crippen molar-refractivity contribution in [3.05, 3.63) is 98.4 Å². The van der Waals surface area contributed by atoms with Crippen molar-refractivity contribution >= 4 is 50.9 Å². The van der Waals surface area contributed by atoms with Crippen LogP contribution in [0.3, 0.4) is 0 Å². The number of amides is 2. The summed E-state index contributed by atoms with van der Waals surface area (Å²) in [5.41, 5.74) is 1.77. The van der Waals surface area contributed by atoms with Crippen LogP contribution in [0.25, 0.3) is 0 Å². The highest BCUT2D eigenvalue weighted by Gasteiger charge is 2.31. The van der Waals surface area contributed by atoms with Crippen LogP contribution in [0, 0.1) is 5.92 Å². The maximum Gasteiger partial charge on any atom is 0.261 e. The third kappa shape index (κ3) is 8.54. The zero-order chi connectivity index (χ0) is 26.1. The second-order valence-electron chi connectivity index (χ2n) is 8.86. The first kappa shape index (κ1) is 28.0. The quantitative estimate of drug-likeness (QED) is 0.275. The normalized spacial score (nSPS) is 11.7. The minimum atomic E-state index is -0.741. The van der Waals surface area contributed by atoms with E-state index >= 15 is 0 Å². The number of ether oxygens (including phenoxy) is 1. The summed E-state index contributed by atoms with van der Waals surface area (Å²) in [6.45, 7) is 4.52. The molecule has 3 aromatic rings. The molecule has 36 heavy (non-hydrogen) atoms. The molecular weight excluding hydrogens is 563 g/mol. The second kappa shape index (κ2) is 13.7. The largest absolute Gasteiger partial charge is 0.483 e. The molecule has 0 aromatic heterocycles. The van der Waals surface area contributed by atoms with Gasteiger partial charge >= 0.3 is 0 Å². The second-order valence-corrected chi connectivity index (χ2v) is 10.6. The van der Waals surface area contributed by atoms with Gasteiger partial charge in [0.15, 0.2) is 6.61 Å². The van der Waals surface area contributed by atoms with Gasteiger partial charge in [0.2, 0.25) is 5.91 Å². The number of hydrogen-bond acceptors (Lipinski definition) is 3. The van der Waals surface area contributed by atoms with Gasteiger partial charge in [0.1, 0.15) is 11.8 Å². The number of nitrogens with zero attached hydrogens (tertiary/aromatic N) is 1. The van der Waals surface area contributed by atoms with Crippen LogP contribution < -0.4 is 10.1 Å². The predicted octanol–water partition coefficient (Wildman–Crippen LogP) is 6.55. The van der Waals surface area contributed by atoms with Crippen molar-refractivity contribution in [2.24, 2.45) is 5.92 Å². The molecule has 5 nitrogen and oxygen atoms in total. The first-order valence-electron chi connectivity index (χ1n) is 11.7. The molecule has 1 atom stereocenters. The van der Waals surface area contributed by atoms with Crippen molar-refractivity contribution in [1.82, 2.24) is 10.2 Å². The van der Waals surface area contributed by atoms with Gasteiger partial charge < -0.3 is 15.0 Å². The van der Waals surface area contributed by atoms with Gasteiger partial charge in [-0.05, 0) is 63.3 Å². The van der Waals surface area contributed by atoms with Gasteiger partial charge in [0, 0.05) is 29.6 Å². The molecule has 0 fully saturated rings. The van der Waals surface area contributed by atoms with Crippen molar-refractivity contribution in [1.29, 1.82) is 0 Å². The summed E-state index contributed by atoms with van der Waals surface area (Å²) in [5, 5.41) is 4.11. The number of carbonyl (C=O) groups is 2. The fourth-order valence-corrected chi connectivity index (χ4v) is 4.63. The van der Waals surface area contributed by atoms with Gasteiger partial charge in [-0.25, -0.2) is 0 Å². The van der Waals surface area contributed by atoms with E-state index in [0.29, 0.717) is 33.2 Å². The molecule has 190 valence electrons. The van der Waals surface area contributed by atoms with Crippen LogP contribution in [0.2, 0.25) is 10.0 Å². The molecule has 8 heteroatoms. The standard InChI is InChI=1S/C28H29BrCl2N2O3/c1-19(2)16-32-28(35)25(14-20-7-4-3-5-8-20)33(17-21-9-6-10-22(30)13-21)27(34)18-36-26-12-11-23(31)15-24(26)29/h3-13,15,19,25H,14,16-18H2,1-2H3,(H,32,35)/t25-/m1/s1. The Kier molecular flexibility index (Phi) is 10.7. The van der Waals surface area contributed by atoms with Crippen molar-refractivity contribution in [2.75, 3.05) is 13.2 Å². The van der Waals surface area contributed by atoms with E-state index in [-0.39, 0.29) is 30.9 Å². The molecule has 0 bridgehead atoms. The van der Waals surface area contributed by atoms with E-state index < -0.39 is 6.04 Å². The summed E-state index contributed by atoms with van der Waals surface area (Å²) in [4.78, 5) is 28.6. The topological polar surface area (TPSA) is 58.6 Å². The smallest absolute Gasteiger partial charge is 0.261 e. The predicted molar refractivity (Wildman–Crippen MR) is 148 cm³/mol. The number of rotatable bonds is 11. The minimum Gasteiger partial charge on any atom is -0.483 e. The van der Waals surface area contributed by atoms with Gasteiger partial charge in [0.25, 0.3) is 5.91 Å². The number of hydrogen-bond donors (Lipinski definition) is 1. The van der Waals surface area contributed by atoms with Crippen LogP contribution >= 0.6 is 39.1 Å². The van der Waals surface area contributed by atoms with E-state index in [9.17, 15) is 9.59 Å². The molecule has 0 radical (unpaired) electrons. The first-order chi connectivity index (χ1) is 17.2. The maximum atomic E-state index is 13.6. The van der Waals surface area contributed by atoms with E-state index in [4.69, 9.17) is 27.9 Å². The Hall–Kier alpha value is -2.54. The lowest BCUT2D eigenvalue weighted by Gasteiger charge is -2.31. The molecule has 0 heterocycles. The third-order valence-corrected chi connectivity index (χ3v) is 6.53. The summed E-state index contributed by atoms with van der Waals surface area (Å²) in [6, 6.07) is 21.3. The Balaban J connectivity index is 1.91. The summed E-state index contributed by atoms with van der Waals surface area (Å²) in [6.07, 6.45) is 0.363. The monoisotopic (exact) mass is 590 g/mol. The van der Waals surface area contributed by atoms with Crippen molar-refractivity contribution in [3.63, 3.8) is 0 Å². The number of benzene rings is 3. The number of nitrogens with one attached hydrogen (secondary N) is 1. The third-order valence-electron chi connectivity index (χ3n) is 5.44. The average Bonchev–Trinajstić information content (AvgIpc) is 2.84. The molecule has 1 N–H and O–H groups in total. The lowest BCUT2D eigenvalue weighted by molar-refractivity contribution is -0.142. The average molecular weight is 592 g/mol. The zero-order valence-electron chi connectivity index (χ0n) is 20.2. The highest BCUT2D eigenvalue weighted by atomic mass is 79.9. The van der Waals surface area contributed by atoms with Crippen LogP contribution in [0.15, 0.2) is 77.3 Å². The summed E-state index contributed by atoms with van der Waals surface area (Å²) in [7, 11) is 0. The SMILES string of the molecule is CC(C)CNC(=O)[C@@H](Cc1ccccc1)N(Cc1cccc(Cl)c1)C(=O)COc1ccc(Cl)cc1Br. The van der Waals surface area contributed by atoms with Crippen LogP contribution in [-0.4, -0.2) is 35.9 Å². The lowest BCUT2D eigenvalue weighted by atomic mass is 10.0. The van der Waals surface area contributed by atoms with E-state index in [1.54, 1.807) is 35.2 Å². The Labute approximate surface area is 230 Å². The highest BCUT2D eigenvalue weighted by Crippen LogP contribution is 2.28. The highest BCUT2D eigenvalue weighted by molar-refractivity contribution is 9.10. The Bertz CT molecular complexity index is 1170. The minimum absolute atomic E-state index is 0.205. The van der Waals surface area contributed by atoms with E-state index in [2.05, 4.69) is 21.2 Å². The molecule has 3 aromatic carbocycles. The molecule has 0 saturated carbocycles. The zero-order valence-corrected chi connectivity index (χ0v) is 23.3.